The Kier molecular flexibility index (Phi) is 5.16. The van der Waals surface area contributed by atoms with Gasteiger partial charge < -0.3 is 10.1 Å². The van der Waals surface area contributed by atoms with Gasteiger partial charge in [0.25, 0.3) is 0 Å². The van der Waals surface area contributed by atoms with Gasteiger partial charge in [0.05, 0.1) is 12.3 Å². The summed E-state index contributed by atoms with van der Waals surface area (Å²) in [5.41, 5.74) is 4.05. The van der Waals surface area contributed by atoms with Crippen molar-refractivity contribution in [2.24, 2.45) is 5.84 Å². The van der Waals surface area contributed by atoms with Crippen molar-refractivity contribution in [2.75, 3.05) is 17.3 Å². The number of hydrazine groups is 1. The zero-order chi connectivity index (χ0) is 15.4. The van der Waals surface area contributed by atoms with E-state index in [1.165, 1.54) is 0 Å². The molecule has 1 aromatic carbocycles. The molecule has 0 unspecified atom stereocenters. The third-order valence-electron chi connectivity index (χ3n) is 2.51. The molecule has 9 heteroatoms. The Morgan fingerprint density at radius 1 is 1.29 bits per heavy atom. The molecule has 0 fully saturated rings. The number of aromatic nitrogens is 3. The number of rotatable bonds is 5. The fourth-order valence-corrected chi connectivity index (χ4v) is 2.25. The number of anilines is 3. The Bertz CT molecular complexity index is 654. The van der Waals surface area contributed by atoms with Gasteiger partial charge in [0.1, 0.15) is 0 Å². The van der Waals surface area contributed by atoms with E-state index in [0.717, 1.165) is 15.7 Å². The predicted molar refractivity (Wildman–Crippen MR) is 86.0 cm³/mol. The van der Waals surface area contributed by atoms with Crippen LogP contribution in [0, 0.1) is 6.92 Å². The number of nitrogens with two attached hydrogens (primary N) is 1. The number of benzene rings is 1. The van der Waals surface area contributed by atoms with Crippen LogP contribution in [0.25, 0.3) is 0 Å². The van der Waals surface area contributed by atoms with Crippen LogP contribution in [0.3, 0.4) is 0 Å². The number of nitrogen functional groups attached to an aromatic ring is 1. The molecule has 0 aliphatic carbocycles. The Morgan fingerprint density at radius 3 is 2.67 bits per heavy atom. The highest BCUT2D eigenvalue weighted by Crippen LogP contribution is 2.30. The predicted octanol–water partition coefficient (Wildman–Crippen LogP) is 3.02. The van der Waals surface area contributed by atoms with Gasteiger partial charge in [-0.2, -0.15) is 15.0 Å². The molecule has 1 aromatic heterocycles. The lowest BCUT2D eigenvalue weighted by molar-refractivity contribution is 0.312. The van der Waals surface area contributed by atoms with Gasteiger partial charge in [-0.1, -0.05) is 11.6 Å². The molecule has 0 bridgehead atoms. The molecule has 2 aromatic rings. The first-order chi connectivity index (χ1) is 10.0. The number of hydrogen-bond acceptors (Lipinski definition) is 7. The van der Waals surface area contributed by atoms with E-state index in [-0.39, 0.29) is 12.0 Å². The van der Waals surface area contributed by atoms with Gasteiger partial charge in [0.15, 0.2) is 0 Å². The number of ether oxygens (including phenoxy) is 1. The second kappa shape index (κ2) is 6.88. The highest BCUT2D eigenvalue weighted by molar-refractivity contribution is 9.10. The maximum Gasteiger partial charge on any atom is 0.323 e. The number of nitrogens with zero attached hydrogens (tertiary/aromatic N) is 3. The minimum absolute atomic E-state index is 0.178. The molecule has 1 heterocycles. The van der Waals surface area contributed by atoms with Gasteiger partial charge in [-0.3, -0.25) is 5.43 Å². The summed E-state index contributed by atoms with van der Waals surface area (Å²) in [4.78, 5) is 12.2. The van der Waals surface area contributed by atoms with E-state index >= 15 is 0 Å². The van der Waals surface area contributed by atoms with Gasteiger partial charge in [0.2, 0.25) is 11.9 Å². The summed E-state index contributed by atoms with van der Waals surface area (Å²) in [5, 5.41) is 3.68. The van der Waals surface area contributed by atoms with Crippen molar-refractivity contribution in [2.45, 2.75) is 13.8 Å². The first kappa shape index (κ1) is 15.7. The van der Waals surface area contributed by atoms with Gasteiger partial charge in [-0.15, -0.1) is 0 Å². The highest BCUT2D eigenvalue weighted by atomic mass is 79.9. The van der Waals surface area contributed by atoms with E-state index in [0.29, 0.717) is 17.6 Å². The maximum atomic E-state index is 6.12. The van der Waals surface area contributed by atoms with E-state index in [1.54, 1.807) is 6.07 Å². The molecule has 0 atom stereocenters. The van der Waals surface area contributed by atoms with Crippen molar-refractivity contribution in [3.63, 3.8) is 0 Å². The van der Waals surface area contributed by atoms with Crippen molar-refractivity contribution >= 4 is 45.1 Å². The average molecular weight is 374 g/mol. The van der Waals surface area contributed by atoms with E-state index < -0.39 is 0 Å². The lowest BCUT2D eigenvalue weighted by Crippen LogP contribution is -2.13. The van der Waals surface area contributed by atoms with Crippen LogP contribution in [0.1, 0.15) is 12.5 Å². The molecule has 0 aliphatic rings. The van der Waals surface area contributed by atoms with Gasteiger partial charge in [-0.25, -0.2) is 5.84 Å². The Morgan fingerprint density at radius 2 is 2.00 bits per heavy atom. The van der Waals surface area contributed by atoms with Crippen molar-refractivity contribution in [1.82, 2.24) is 15.0 Å². The summed E-state index contributed by atoms with van der Waals surface area (Å²) in [6, 6.07) is 3.86. The minimum atomic E-state index is 0.178. The van der Waals surface area contributed by atoms with Crippen molar-refractivity contribution < 1.29 is 4.74 Å². The number of nitrogens with one attached hydrogen (secondary N) is 2. The third-order valence-corrected chi connectivity index (χ3v) is 3.58. The Balaban J connectivity index is 2.34. The van der Waals surface area contributed by atoms with Crippen LogP contribution < -0.4 is 21.3 Å². The maximum absolute atomic E-state index is 6.12. The molecule has 4 N–H and O–H groups in total. The topological polar surface area (TPSA) is 98.0 Å². The van der Waals surface area contributed by atoms with E-state index in [2.05, 4.69) is 41.6 Å². The molecule has 21 heavy (non-hydrogen) atoms. The molecule has 0 radical (unpaired) electrons. The van der Waals surface area contributed by atoms with Crippen LogP contribution in [-0.4, -0.2) is 21.6 Å². The smallest absolute Gasteiger partial charge is 0.323 e. The van der Waals surface area contributed by atoms with E-state index in [1.807, 2.05) is 19.9 Å². The largest absolute Gasteiger partial charge is 0.464 e. The Hall–Kier alpha value is -1.64. The molecule has 0 saturated heterocycles. The van der Waals surface area contributed by atoms with Gasteiger partial charge in [0, 0.05) is 9.50 Å². The van der Waals surface area contributed by atoms with Crippen molar-refractivity contribution in [1.29, 1.82) is 0 Å². The Labute approximate surface area is 135 Å². The quantitative estimate of drug-likeness (QED) is 0.547. The lowest BCUT2D eigenvalue weighted by atomic mass is 10.2. The van der Waals surface area contributed by atoms with Crippen LogP contribution in [0.5, 0.6) is 6.01 Å². The summed E-state index contributed by atoms with van der Waals surface area (Å²) in [7, 11) is 0. The average Bonchev–Trinajstić information content (AvgIpc) is 2.45. The number of aryl methyl sites for hydroxylation is 1. The first-order valence-electron chi connectivity index (χ1n) is 6.11. The first-order valence-corrected chi connectivity index (χ1v) is 7.28. The molecule has 112 valence electrons. The summed E-state index contributed by atoms with van der Waals surface area (Å²) < 4.78 is 6.10. The molecular weight excluding hydrogens is 360 g/mol. The zero-order valence-corrected chi connectivity index (χ0v) is 13.8. The number of hydrogen-bond donors (Lipinski definition) is 3. The van der Waals surface area contributed by atoms with Crippen LogP contribution in [0.4, 0.5) is 17.6 Å². The molecule has 2 rings (SSSR count). The summed E-state index contributed by atoms with van der Waals surface area (Å²) in [5.74, 6) is 5.83. The summed E-state index contributed by atoms with van der Waals surface area (Å²) in [6.45, 7) is 4.19. The summed E-state index contributed by atoms with van der Waals surface area (Å²) in [6.07, 6.45) is 0. The van der Waals surface area contributed by atoms with Crippen molar-refractivity contribution in [3.05, 3.63) is 27.2 Å². The van der Waals surface area contributed by atoms with Gasteiger partial charge in [-0.05, 0) is 47.5 Å². The second-order valence-electron chi connectivity index (χ2n) is 4.05. The van der Waals surface area contributed by atoms with Gasteiger partial charge >= 0.3 is 6.01 Å². The van der Waals surface area contributed by atoms with Crippen LogP contribution >= 0.6 is 27.5 Å². The van der Waals surface area contributed by atoms with E-state index in [4.69, 9.17) is 22.2 Å². The van der Waals surface area contributed by atoms with E-state index in [9.17, 15) is 0 Å². The van der Waals surface area contributed by atoms with Crippen molar-refractivity contribution in [3.8, 4) is 6.01 Å². The summed E-state index contributed by atoms with van der Waals surface area (Å²) >= 11 is 9.58. The molecule has 0 amide bonds. The normalized spacial score (nSPS) is 10.3. The standard InChI is InChI=1S/C12H14BrClN6O/c1-3-21-12-18-10(17-11(19-12)20-15)16-9-5-8(14)6(2)4-7(9)13/h4-5H,3,15H2,1-2H3,(H2,16,17,18,19,20). The zero-order valence-electron chi connectivity index (χ0n) is 11.4. The molecule has 0 saturated carbocycles. The highest BCUT2D eigenvalue weighted by Gasteiger charge is 2.10. The lowest BCUT2D eigenvalue weighted by Gasteiger charge is -2.11. The fraction of sp³-hybridized carbons (Fsp3) is 0.250. The second-order valence-corrected chi connectivity index (χ2v) is 5.31. The molecule has 7 nitrogen and oxygen atoms in total. The SMILES string of the molecule is CCOc1nc(NN)nc(Nc2cc(Cl)c(C)cc2Br)n1. The van der Waals surface area contributed by atoms with Crippen LogP contribution in [-0.2, 0) is 0 Å². The molecule has 0 spiro atoms. The monoisotopic (exact) mass is 372 g/mol. The minimum Gasteiger partial charge on any atom is -0.464 e. The van der Waals surface area contributed by atoms with Crippen LogP contribution in [0.15, 0.2) is 16.6 Å². The van der Waals surface area contributed by atoms with Crippen LogP contribution in [0.2, 0.25) is 5.02 Å². The third kappa shape index (κ3) is 3.93. The molecular formula is C12H14BrClN6O. The fourth-order valence-electron chi connectivity index (χ4n) is 1.53. The molecule has 0 aliphatic heterocycles. The number of halogens is 2.